The van der Waals surface area contributed by atoms with Crippen molar-refractivity contribution in [3.05, 3.63) is 58.3 Å². The summed E-state index contributed by atoms with van der Waals surface area (Å²) in [5.74, 6) is 0.351. The summed E-state index contributed by atoms with van der Waals surface area (Å²) in [7, 11) is 0. The molecule has 1 fully saturated rings. The second-order valence-electron chi connectivity index (χ2n) is 6.98. The van der Waals surface area contributed by atoms with Crippen LogP contribution >= 0.6 is 0 Å². The third kappa shape index (κ3) is 4.89. The van der Waals surface area contributed by atoms with E-state index in [-0.39, 0.29) is 11.6 Å². The molecule has 8 nitrogen and oxygen atoms in total. The number of benzene rings is 1. The smallest absolute Gasteiger partial charge is 0.269 e. The topological polar surface area (TPSA) is 104 Å². The maximum Gasteiger partial charge on any atom is 0.269 e. The van der Waals surface area contributed by atoms with E-state index >= 15 is 0 Å². The molecule has 0 radical (unpaired) electrons. The zero-order valence-corrected chi connectivity index (χ0v) is 16.4. The van der Waals surface area contributed by atoms with Crippen LogP contribution in [0.5, 0.6) is 5.88 Å². The molecule has 1 aliphatic carbocycles. The van der Waals surface area contributed by atoms with Gasteiger partial charge in [-0.2, -0.15) is 0 Å². The average Bonchev–Trinajstić information content (AvgIpc) is 3.24. The predicted molar refractivity (Wildman–Crippen MR) is 108 cm³/mol. The molecule has 0 saturated heterocycles. The van der Waals surface area contributed by atoms with Gasteiger partial charge in [0.05, 0.1) is 28.8 Å². The van der Waals surface area contributed by atoms with Gasteiger partial charge in [0.1, 0.15) is 6.61 Å². The Morgan fingerprint density at radius 3 is 2.48 bits per heavy atom. The SMILES string of the molecule is CCOCCOc1ccc(NC(=O)C2(c3ccc([N+](=O)[O-])cc3)CCCC2)cn1. The van der Waals surface area contributed by atoms with E-state index < -0.39 is 10.3 Å². The lowest BCUT2D eigenvalue weighted by Gasteiger charge is -2.28. The first-order valence-corrected chi connectivity index (χ1v) is 9.78. The molecule has 2 aromatic rings. The van der Waals surface area contributed by atoms with Crippen molar-refractivity contribution in [2.24, 2.45) is 0 Å². The minimum atomic E-state index is -0.679. The first kappa shape index (κ1) is 20.7. The number of rotatable bonds is 9. The summed E-state index contributed by atoms with van der Waals surface area (Å²) in [6, 6.07) is 9.75. The van der Waals surface area contributed by atoms with Gasteiger partial charge in [-0.15, -0.1) is 0 Å². The molecule has 0 bridgehead atoms. The minimum absolute atomic E-state index is 0.0198. The Bertz CT molecular complexity index is 830. The molecular formula is C21H25N3O5. The minimum Gasteiger partial charge on any atom is -0.475 e. The summed E-state index contributed by atoms with van der Waals surface area (Å²) in [6.45, 7) is 3.46. The Hall–Kier alpha value is -3.00. The Labute approximate surface area is 169 Å². The standard InChI is InChI=1S/C21H25N3O5/c1-2-28-13-14-29-19-10-7-17(15-22-19)23-20(25)21(11-3-4-12-21)16-5-8-18(9-6-16)24(26)27/h5-10,15H,2-4,11-14H2,1H3,(H,23,25). The summed E-state index contributed by atoms with van der Waals surface area (Å²) >= 11 is 0. The van der Waals surface area contributed by atoms with Gasteiger partial charge in [0.15, 0.2) is 0 Å². The Kier molecular flexibility index (Phi) is 6.77. The number of aromatic nitrogens is 1. The van der Waals surface area contributed by atoms with Crippen LogP contribution in [-0.2, 0) is 14.9 Å². The first-order chi connectivity index (χ1) is 14.0. The number of non-ortho nitro benzene ring substituents is 1. The maximum atomic E-state index is 13.2. The molecular weight excluding hydrogens is 374 g/mol. The van der Waals surface area contributed by atoms with Crippen molar-refractivity contribution in [1.29, 1.82) is 0 Å². The quantitative estimate of drug-likeness (QED) is 0.390. The van der Waals surface area contributed by atoms with E-state index in [0.29, 0.717) is 44.2 Å². The van der Waals surface area contributed by atoms with Gasteiger partial charge in [0, 0.05) is 24.8 Å². The monoisotopic (exact) mass is 399 g/mol. The number of nitro groups is 1. The van der Waals surface area contributed by atoms with Crippen molar-refractivity contribution in [3.63, 3.8) is 0 Å². The van der Waals surface area contributed by atoms with Crippen molar-refractivity contribution in [3.8, 4) is 5.88 Å². The fourth-order valence-electron chi connectivity index (χ4n) is 3.67. The molecule has 29 heavy (non-hydrogen) atoms. The predicted octanol–water partition coefficient (Wildman–Crippen LogP) is 3.86. The van der Waals surface area contributed by atoms with Crippen LogP contribution in [-0.4, -0.2) is 35.6 Å². The molecule has 1 N–H and O–H groups in total. The molecule has 1 amide bonds. The maximum absolute atomic E-state index is 13.2. The number of hydrogen-bond donors (Lipinski definition) is 1. The highest BCUT2D eigenvalue weighted by molar-refractivity contribution is 5.99. The molecule has 154 valence electrons. The van der Waals surface area contributed by atoms with Crippen molar-refractivity contribution >= 4 is 17.3 Å². The molecule has 0 spiro atoms. The van der Waals surface area contributed by atoms with Crippen LogP contribution in [0.2, 0.25) is 0 Å². The van der Waals surface area contributed by atoms with Crippen LogP contribution < -0.4 is 10.1 Å². The molecule has 0 atom stereocenters. The van der Waals surface area contributed by atoms with Crippen molar-refractivity contribution < 1.29 is 19.2 Å². The molecule has 0 aliphatic heterocycles. The molecule has 1 aromatic carbocycles. The van der Waals surface area contributed by atoms with Crippen LogP contribution in [0.15, 0.2) is 42.6 Å². The fourth-order valence-corrected chi connectivity index (χ4v) is 3.67. The zero-order chi connectivity index (χ0) is 20.7. The second-order valence-corrected chi connectivity index (χ2v) is 6.98. The number of carbonyl (C=O) groups is 1. The average molecular weight is 399 g/mol. The van der Waals surface area contributed by atoms with Crippen molar-refractivity contribution in [1.82, 2.24) is 4.98 Å². The lowest BCUT2D eigenvalue weighted by atomic mass is 9.78. The molecule has 3 rings (SSSR count). The largest absolute Gasteiger partial charge is 0.475 e. The van der Waals surface area contributed by atoms with E-state index in [2.05, 4.69) is 10.3 Å². The van der Waals surface area contributed by atoms with Crippen LogP contribution in [0.4, 0.5) is 11.4 Å². The number of carbonyl (C=O) groups excluding carboxylic acids is 1. The van der Waals surface area contributed by atoms with Gasteiger partial charge >= 0.3 is 0 Å². The van der Waals surface area contributed by atoms with Gasteiger partial charge in [-0.05, 0) is 31.4 Å². The summed E-state index contributed by atoms with van der Waals surface area (Å²) in [4.78, 5) is 27.9. The van der Waals surface area contributed by atoms with E-state index in [1.54, 1.807) is 30.5 Å². The third-order valence-corrected chi connectivity index (χ3v) is 5.20. The number of nitro benzene ring substituents is 1. The summed E-state index contributed by atoms with van der Waals surface area (Å²) < 4.78 is 10.7. The molecule has 1 aliphatic rings. The van der Waals surface area contributed by atoms with Gasteiger partial charge in [-0.25, -0.2) is 4.98 Å². The summed E-state index contributed by atoms with van der Waals surface area (Å²) in [5, 5.41) is 13.9. The molecule has 1 heterocycles. The third-order valence-electron chi connectivity index (χ3n) is 5.20. The molecule has 1 aromatic heterocycles. The first-order valence-electron chi connectivity index (χ1n) is 9.78. The fraction of sp³-hybridized carbons (Fsp3) is 0.429. The van der Waals surface area contributed by atoms with Crippen molar-refractivity contribution in [2.45, 2.75) is 38.0 Å². The summed E-state index contributed by atoms with van der Waals surface area (Å²) in [5.41, 5.74) is 0.732. The molecule has 0 unspecified atom stereocenters. The van der Waals surface area contributed by atoms with E-state index in [9.17, 15) is 14.9 Å². The van der Waals surface area contributed by atoms with E-state index in [0.717, 1.165) is 18.4 Å². The van der Waals surface area contributed by atoms with E-state index in [1.807, 2.05) is 6.92 Å². The van der Waals surface area contributed by atoms with Gasteiger partial charge in [-0.3, -0.25) is 14.9 Å². The number of ether oxygens (including phenoxy) is 2. The molecule has 1 saturated carbocycles. The Morgan fingerprint density at radius 1 is 1.17 bits per heavy atom. The van der Waals surface area contributed by atoms with Gasteiger partial charge in [0.2, 0.25) is 11.8 Å². The van der Waals surface area contributed by atoms with Gasteiger partial charge in [0.25, 0.3) is 5.69 Å². The normalized spacial score (nSPS) is 15.1. The summed E-state index contributed by atoms with van der Waals surface area (Å²) in [6.07, 6.45) is 4.86. The Morgan fingerprint density at radius 2 is 1.90 bits per heavy atom. The lowest BCUT2D eigenvalue weighted by Crippen LogP contribution is -2.38. The number of nitrogens with one attached hydrogen (secondary N) is 1. The number of pyridine rings is 1. The zero-order valence-electron chi connectivity index (χ0n) is 16.4. The highest BCUT2D eigenvalue weighted by Gasteiger charge is 2.42. The van der Waals surface area contributed by atoms with E-state index in [1.165, 1.54) is 12.1 Å². The number of anilines is 1. The van der Waals surface area contributed by atoms with Crippen LogP contribution in [0, 0.1) is 10.1 Å². The van der Waals surface area contributed by atoms with Crippen LogP contribution in [0.1, 0.15) is 38.2 Å². The van der Waals surface area contributed by atoms with Crippen LogP contribution in [0.25, 0.3) is 0 Å². The Balaban J connectivity index is 1.69. The highest BCUT2D eigenvalue weighted by atomic mass is 16.6. The van der Waals surface area contributed by atoms with Crippen LogP contribution in [0.3, 0.4) is 0 Å². The van der Waals surface area contributed by atoms with Crippen molar-refractivity contribution in [2.75, 3.05) is 25.1 Å². The van der Waals surface area contributed by atoms with Gasteiger partial charge in [-0.1, -0.05) is 25.0 Å². The highest BCUT2D eigenvalue weighted by Crippen LogP contribution is 2.42. The second kappa shape index (κ2) is 9.47. The number of hydrogen-bond acceptors (Lipinski definition) is 6. The van der Waals surface area contributed by atoms with E-state index in [4.69, 9.17) is 9.47 Å². The molecule has 8 heteroatoms. The number of nitrogens with zero attached hydrogens (tertiary/aromatic N) is 2. The van der Waals surface area contributed by atoms with Gasteiger partial charge < -0.3 is 14.8 Å². The lowest BCUT2D eigenvalue weighted by molar-refractivity contribution is -0.384. The number of amides is 1.